The number of carbonyl (C=O) groups is 1. The minimum Gasteiger partial charge on any atom is -0.469 e. The summed E-state index contributed by atoms with van der Waals surface area (Å²) >= 11 is 0. The quantitative estimate of drug-likeness (QED) is 0.608. The van der Waals surface area contributed by atoms with Gasteiger partial charge in [-0.1, -0.05) is 0 Å². The number of ether oxygens (including phenoxy) is 3. The lowest BCUT2D eigenvalue weighted by Gasteiger charge is -2.15. The molecule has 1 aliphatic rings. The molecule has 0 aliphatic carbocycles. The summed E-state index contributed by atoms with van der Waals surface area (Å²) in [5, 5.41) is 0. The van der Waals surface area contributed by atoms with Gasteiger partial charge in [-0.05, 0) is 6.08 Å². The summed E-state index contributed by atoms with van der Waals surface area (Å²) in [5.74, 6) is -0.154. The highest BCUT2D eigenvalue weighted by atomic mass is 16.7. The summed E-state index contributed by atoms with van der Waals surface area (Å²) < 4.78 is 15.1. The van der Waals surface area contributed by atoms with Gasteiger partial charge in [0.15, 0.2) is 0 Å². The number of hydrogen-bond donors (Lipinski definition) is 0. The van der Waals surface area contributed by atoms with Gasteiger partial charge in [-0.25, -0.2) is 0 Å². The van der Waals surface area contributed by atoms with Crippen LogP contribution in [0.4, 0.5) is 0 Å². The monoisotopic (exact) mass is 186 g/mol. The van der Waals surface area contributed by atoms with E-state index in [4.69, 9.17) is 9.47 Å². The summed E-state index contributed by atoms with van der Waals surface area (Å²) in [7, 11) is 1.36. The molecule has 1 fully saturated rings. The molecule has 0 amide bonds. The molecule has 0 saturated carbocycles. The van der Waals surface area contributed by atoms with Crippen LogP contribution in [0.2, 0.25) is 0 Å². The number of esters is 1. The third-order valence-electron chi connectivity index (χ3n) is 1.66. The second-order valence-corrected chi connectivity index (χ2v) is 3.24. The highest BCUT2D eigenvalue weighted by molar-refractivity contribution is 5.70. The van der Waals surface area contributed by atoms with Crippen LogP contribution in [0.3, 0.4) is 0 Å². The van der Waals surface area contributed by atoms with E-state index >= 15 is 0 Å². The topological polar surface area (TPSA) is 44.8 Å². The minimum absolute atomic E-state index is 0.227. The van der Waals surface area contributed by atoms with E-state index in [9.17, 15) is 4.79 Å². The van der Waals surface area contributed by atoms with Crippen molar-refractivity contribution in [2.45, 2.75) is 26.1 Å². The molecule has 0 radical (unpaired) electrons. The van der Waals surface area contributed by atoms with Crippen molar-refractivity contribution >= 4 is 5.97 Å². The van der Waals surface area contributed by atoms with Gasteiger partial charge in [0.1, 0.15) is 12.4 Å². The molecular weight excluding hydrogens is 172 g/mol. The molecule has 0 unspecified atom stereocenters. The summed E-state index contributed by atoms with van der Waals surface area (Å²) in [6.45, 7) is 4.07. The van der Waals surface area contributed by atoms with Gasteiger partial charge in [0, 0.05) is 13.8 Å². The van der Waals surface area contributed by atoms with Crippen molar-refractivity contribution in [3.8, 4) is 0 Å². The number of carbonyl (C=O) groups excluding carboxylic acids is 1. The molecule has 0 N–H and O–H groups in total. The summed E-state index contributed by atoms with van der Waals surface area (Å²) in [6.07, 6.45) is 1.91. The fourth-order valence-corrected chi connectivity index (χ4v) is 1.00. The highest BCUT2D eigenvalue weighted by Gasteiger charge is 2.28. The second-order valence-electron chi connectivity index (χ2n) is 3.24. The lowest BCUT2D eigenvalue weighted by Crippen LogP contribution is -2.18. The van der Waals surface area contributed by atoms with Gasteiger partial charge >= 0.3 is 5.97 Å². The summed E-state index contributed by atoms with van der Waals surface area (Å²) in [4.78, 5) is 10.8. The van der Waals surface area contributed by atoms with Crippen LogP contribution in [-0.2, 0) is 19.0 Å². The Balaban J connectivity index is 2.42. The van der Waals surface area contributed by atoms with E-state index in [-0.39, 0.29) is 12.4 Å². The first kappa shape index (κ1) is 10.1. The zero-order chi connectivity index (χ0) is 9.90. The van der Waals surface area contributed by atoms with Crippen LogP contribution in [0.5, 0.6) is 0 Å². The maximum atomic E-state index is 10.8. The molecule has 0 bridgehead atoms. The maximum absolute atomic E-state index is 10.8. The SMILES string of the molecule is COC(=O)C/C=C1\COC(C)(C)O1. The molecule has 1 aliphatic heterocycles. The van der Waals surface area contributed by atoms with Gasteiger partial charge in [0.25, 0.3) is 0 Å². The third-order valence-corrected chi connectivity index (χ3v) is 1.66. The molecule has 74 valence electrons. The van der Waals surface area contributed by atoms with Crippen LogP contribution in [0.15, 0.2) is 11.8 Å². The van der Waals surface area contributed by atoms with Gasteiger partial charge < -0.3 is 14.2 Å². The second kappa shape index (κ2) is 3.79. The highest BCUT2D eigenvalue weighted by Crippen LogP contribution is 2.24. The van der Waals surface area contributed by atoms with Gasteiger partial charge in [-0.15, -0.1) is 0 Å². The number of hydrogen-bond acceptors (Lipinski definition) is 4. The first-order valence-electron chi connectivity index (χ1n) is 4.12. The van der Waals surface area contributed by atoms with Crippen molar-refractivity contribution < 1.29 is 19.0 Å². The largest absolute Gasteiger partial charge is 0.469 e. The molecule has 1 rings (SSSR count). The Labute approximate surface area is 77.5 Å². The molecule has 1 heterocycles. The standard InChI is InChI=1S/C9H14O4/c1-9(2)12-6-7(13-9)4-5-8(10)11-3/h4H,5-6H2,1-3H3/b7-4+. The Morgan fingerprint density at radius 1 is 1.69 bits per heavy atom. The molecule has 0 aromatic rings. The minimum atomic E-state index is -0.568. The van der Waals surface area contributed by atoms with Gasteiger partial charge in [-0.3, -0.25) is 4.79 Å². The van der Waals surface area contributed by atoms with Crippen LogP contribution < -0.4 is 0 Å². The Morgan fingerprint density at radius 3 is 2.85 bits per heavy atom. The Hall–Kier alpha value is -1.03. The smallest absolute Gasteiger partial charge is 0.309 e. The molecule has 1 saturated heterocycles. The Kier molecular flexibility index (Phi) is 2.93. The van der Waals surface area contributed by atoms with Crippen molar-refractivity contribution in [3.05, 3.63) is 11.8 Å². The molecule has 0 aromatic heterocycles. The van der Waals surface area contributed by atoms with Crippen LogP contribution in [-0.4, -0.2) is 25.5 Å². The van der Waals surface area contributed by atoms with E-state index in [0.717, 1.165) is 0 Å². The molecule has 0 aromatic carbocycles. The van der Waals surface area contributed by atoms with Crippen molar-refractivity contribution in [2.75, 3.05) is 13.7 Å². The maximum Gasteiger partial charge on any atom is 0.309 e. The lowest BCUT2D eigenvalue weighted by atomic mass is 10.3. The molecule has 0 atom stereocenters. The first-order valence-corrected chi connectivity index (χ1v) is 4.12. The predicted octanol–water partition coefficient (Wildman–Crippen LogP) is 1.22. The van der Waals surface area contributed by atoms with Crippen LogP contribution in [0.1, 0.15) is 20.3 Å². The molecule has 0 spiro atoms. The van der Waals surface area contributed by atoms with E-state index in [1.165, 1.54) is 7.11 Å². The van der Waals surface area contributed by atoms with E-state index in [2.05, 4.69) is 4.74 Å². The van der Waals surface area contributed by atoms with Gasteiger partial charge in [0.2, 0.25) is 5.79 Å². The molecule has 4 heteroatoms. The predicted molar refractivity (Wildman–Crippen MR) is 45.8 cm³/mol. The van der Waals surface area contributed by atoms with E-state index < -0.39 is 5.79 Å². The summed E-state index contributed by atoms with van der Waals surface area (Å²) in [6, 6.07) is 0. The molecule has 13 heavy (non-hydrogen) atoms. The average molecular weight is 186 g/mol. The summed E-state index contributed by atoms with van der Waals surface area (Å²) in [5.41, 5.74) is 0. The first-order chi connectivity index (χ1) is 6.03. The zero-order valence-corrected chi connectivity index (χ0v) is 8.12. The van der Waals surface area contributed by atoms with E-state index in [0.29, 0.717) is 12.4 Å². The zero-order valence-electron chi connectivity index (χ0n) is 8.12. The van der Waals surface area contributed by atoms with Gasteiger partial charge in [0.05, 0.1) is 13.5 Å². The van der Waals surface area contributed by atoms with E-state index in [1.54, 1.807) is 6.08 Å². The Bertz CT molecular complexity index is 230. The van der Waals surface area contributed by atoms with Crippen molar-refractivity contribution in [1.82, 2.24) is 0 Å². The fraction of sp³-hybridized carbons (Fsp3) is 0.667. The third kappa shape index (κ3) is 3.06. The normalized spacial score (nSPS) is 22.8. The van der Waals surface area contributed by atoms with Gasteiger partial charge in [-0.2, -0.15) is 0 Å². The van der Waals surface area contributed by atoms with Crippen molar-refractivity contribution in [2.24, 2.45) is 0 Å². The van der Waals surface area contributed by atoms with Crippen LogP contribution in [0.25, 0.3) is 0 Å². The average Bonchev–Trinajstić information content (AvgIpc) is 2.41. The van der Waals surface area contributed by atoms with Crippen molar-refractivity contribution in [3.63, 3.8) is 0 Å². The van der Waals surface area contributed by atoms with Crippen molar-refractivity contribution in [1.29, 1.82) is 0 Å². The Morgan fingerprint density at radius 2 is 2.38 bits per heavy atom. The van der Waals surface area contributed by atoms with E-state index in [1.807, 2.05) is 13.8 Å². The lowest BCUT2D eigenvalue weighted by molar-refractivity contribution is -0.139. The number of rotatable bonds is 2. The van der Waals surface area contributed by atoms with Crippen LogP contribution in [0, 0.1) is 0 Å². The fourth-order valence-electron chi connectivity index (χ4n) is 1.00. The molecular formula is C9H14O4. The molecule has 4 nitrogen and oxygen atoms in total. The van der Waals surface area contributed by atoms with Crippen LogP contribution >= 0.6 is 0 Å². The number of methoxy groups -OCH3 is 1.